The van der Waals surface area contributed by atoms with Gasteiger partial charge in [0, 0.05) is 0 Å². The summed E-state index contributed by atoms with van der Waals surface area (Å²) in [4.78, 5) is 0. The minimum Gasteiger partial charge on any atom is -0.375 e. The van der Waals surface area contributed by atoms with Crippen molar-refractivity contribution in [2.45, 2.75) is 83.1 Å². The lowest BCUT2D eigenvalue weighted by Crippen LogP contribution is -2.73. The van der Waals surface area contributed by atoms with Crippen molar-refractivity contribution in [2.24, 2.45) is 0 Å². The number of hydrogen-bond donors (Lipinski definition) is 0. The highest BCUT2D eigenvalue weighted by molar-refractivity contribution is 7.20. The second-order valence-electron chi connectivity index (χ2n) is 16.7. The summed E-state index contributed by atoms with van der Waals surface area (Å²) in [6.45, 7) is 27.4. The Hall–Kier alpha value is -5.06. The van der Waals surface area contributed by atoms with E-state index in [0.29, 0.717) is 0 Å². The lowest BCUT2D eigenvalue weighted by atomic mass is 9.13. The molecule has 6 aromatic rings. The average Bonchev–Trinajstić information content (AvgIpc) is 3.02. The van der Waals surface area contributed by atoms with Crippen LogP contribution in [0.4, 0.5) is 0 Å². The molecule has 2 aliphatic rings. The fourth-order valence-corrected chi connectivity index (χ4v) is 11.8. The molecule has 0 radical (unpaired) electrons. The van der Waals surface area contributed by atoms with Gasteiger partial charge in [-0.1, -0.05) is 152 Å². The molecule has 1 aliphatic heterocycles. The Kier molecular flexibility index (Phi) is 7.68. The normalized spacial score (nSPS) is 14.5. The lowest BCUT2D eigenvalue weighted by Gasteiger charge is -2.43. The molecule has 0 saturated heterocycles. The second-order valence-corrected chi connectivity index (χ2v) is 16.7. The number of aryl methyl sites for hydroxylation is 12. The SMILES string of the molecule is Cc1cc(C)c([B-]2(c3c(C)cc(C)cc3C)C#[N+][B-](c3c(C)cc(C)cc3C)(c3c(C)cc(C)cc3C)c3cccc4c3=c3c2cccc3=4)c(C)c1. The molecular formula is C49H50B2N-. The maximum absolute atomic E-state index is 6.28. The first-order chi connectivity index (χ1) is 24.7. The highest BCUT2D eigenvalue weighted by Crippen LogP contribution is 2.28. The molecule has 8 rings (SSSR count). The van der Waals surface area contributed by atoms with Crippen molar-refractivity contribution in [3.8, 4) is 5.97 Å². The molecule has 1 aliphatic carbocycles. The third-order valence-corrected chi connectivity index (χ3v) is 12.8. The molecule has 1 heterocycles. The summed E-state index contributed by atoms with van der Waals surface area (Å²) in [5.74, 6) is 4.33. The molecule has 0 fully saturated rings. The quantitative estimate of drug-likeness (QED) is 0.170. The molecule has 0 bridgehead atoms. The van der Waals surface area contributed by atoms with Gasteiger partial charge in [-0.25, -0.2) is 0 Å². The number of benzene rings is 6. The highest BCUT2D eigenvalue weighted by Gasteiger charge is 2.51. The van der Waals surface area contributed by atoms with Gasteiger partial charge in [-0.2, -0.15) is 16.4 Å². The Labute approximate surface area is 310 Å². The van der Waals surface area contributed by atoms with Gasteiger partial charge in [0.05, 0.1) is 0 Å². The molecular weight excluding hydrogens is 624 g/mol. The van der Waals surface area contributed by atoms with Gasteiger partial charge in [0.15, 0.2) is 0 Å². The zero-order chi connectivity index (χ0) is 37.0. The standard InChI is InChI=1S/C49H50B2N/c1-28-19-32(5)46(33(6)20-28)50(47-34(7)21-29(2)22-35(47)8)27-52-51(48-36(9)23-30(3)24-37(48)10,49-38(11)25-31(4)26-39(49)12)43-18-14-16-41-40-15-13-17-42(50)44(40)45(41)43/h13-26H,1-12H3/q-1. The van der Waals surface area contributed by atoms with Crippen LogP contribution in [0.1, 0.15) is 66.8 Å². The van der Waals surface area contributed by atoms with Crippen molar-refractivity contribution in [3.05, 3.63) is 177 Å². The maximum Gasteiger partial charge on any atom is 0.474 e. The summed E-state index contributed by atoms with van der Waals surface area (Å²) >= 11 is 0. The molecule has 52 heavy (non-hydrogen) atoms. The van der Waals surface area contributed by atoms with E-state index in [9.17, 15) is 0 Å². The van der Waals surface area contributed by atoms with Crippen molar-refractivity contribution < 1.29 is 0 Å². The first kappa shape index (κ1) is 34.0. The monoisotopic (exact) mass is 674 g/mol. The van der Waals surface area contributed by atoms with Gasteiger partial charge in [-0.05, 0) is 110 Å². The van der Waals surface area contributed by atoms with Gasteiger partial charge in [0.1, 0.15) is 0 Å². The second kappa shape index (κ2) is 11.7. The Morgan fingerprint density at radius 2 is 0.692 bits per heavy atom. The summed E-state index contributed by atoms with van der Waals surface area (Å²) in [5, 5.41) is 5.42. The molecule has 0 spiro atoms. The molecule has 0 N–H and O–H groups in total. The Morgan fingerprint density at radius 3 is 1.06 bits per heavy atom. The van der Waals surface area contributed by atoms with Gasteiger partial charge in [0.25, 0.3) is 0 Å². The van der Waals surface area contributed by atoms with Gasteiger partial charge in [-0.15, -0.1) is 16.4 Å². The summed E-state index contributed by atoms with van der Waals surface area (Å²) < 4.78 is 6.28. The minimum absolute atomic E-state index is 1.28. The van der Waals surface area contributed by atoms with Crippen molar-refractivity contribution >= 4 is 45.2 Å². The molecule has 3 heteroatoms. The van der Waals surface area contributed by atoms with Gasteiger partial charge in [0.2, 0.25) is 6.15 Å². The van der Waals surface area contributed by atoms with E-state index >= 15 is 0 Å². The Balaban J connectivity index is 1.75. The average molecular weight is 675 g/mol. The number of rotatable bonds is 4. The minimum atomic E-state index is -1.91. The van der Waals surface area contributed by atoms with E-state index in [1.807, 2.05) is 0 Å². The fraction of sp³-hybridized carbons (Fsp3) is 0.245. The largest absolute Gasteiger partial charge is 0.474 e. The van der Waals surface area contributed by atoms with E-state index in [2.05, 4.69) is 174 Å². The first-order valence-electron chi connectivity index (χ1n) is 19.1. The van der Waals surface area contributed by atoms with Crippen LogP contribution < -0.4 is 32.8 Å². The van der Waals surface area contributed by atoms with Crippen LogP contribution in [-0.2, 0) is 0 Å². The molecule has 258 valence electrons. The van der Waals surface area contributed by atoms with E-state index in [4.69, 9.17) is 4.76 Å². The van der Waals surface area contributed by atoms with Crippen molar-refractivity contribution in [2.75, 3.05) is 0 Å². The van der Waals surface area contributed by atoms with Crippen LogP contribution in [-0.4, -0.2) is 12.4 Å². The molecule has 0 atom stereocenters. The van der Waals surface area contributed by atoms with Gasteiger partial charge < -0.3 is 4.76 Å². The topological polar surface area (TPSA) is 4.36 Å². The molecule has 0 amide bonds. The van der Waals surface area contributed by atoms with Crippen LogP contribution in [0.3, 0.4) is 0 Å². The fourth-order valence-electron chi connectivity index (χ4n) is 11.8. The first-order valence-corrected chi connectivity index (χ1v) is 19.1. The van der Waals surface area contributed by atoms with E-state index in [1.165, 1.54) is 120 Å². The maximum atomic E-state index is 6.28. The predicted octanol–water partition coefficient (Wildman–Crippen LogP) is 7.60. The van der Waals surface area contributed by atoms with E-state index < -0.39 is 12.4 Å². The summed E-state index contributed by atoms with van der Waals surface area (Å²) in [6, 6.07) is 33.0. The molecule has 0 aromatic heterocycles. The van der Waals surface area contributed by atoms with Crippen molar-refractivity contribution in [1.29, 1.82) is 0 Å². The van der Waals surface area contributed by atoms with Gasteiger partial charge >= 0.3 is 6.28 Å². The van der Waals surface area contributed by atoms with Crippen LogP contribution in [0.2, 0.25) is 0 Å². The lowest BCUT2D eigenvalue weighted by molar-refractivity contribution is 1.30. The van der Waals surface area contributed by atoms with Crippen LogP contribution in [0, 0.1) is 110 Å². The predicted molar refractivity (Wildman–Crippen MR) is 227 cm³/mol. The van der Waals surface area contributed by atoms with Crippen LogP contribution in [0.25, 0.3) is 4.76 Å². The zero-order valence-corrected chi connectivity index (χ0v) is 33.2. The van der Waals surface area contributed by atoms with Gasteiger partial charge in [-0.3, -0.25) is 0 Å². The van der Waals surface area contributed by atoms with Crippen LogP contribution in [0.5, 0.6) is 0 Å². The van der Waals surface area contributed by atoms with E-state index in [-0.39, 0.29) is 0 Å². The molecule has 0 saturated carbocycles. The molecule has 1 nitrogen and oxygen atoms in total. The summed E-state index contributed by atoms with van der Waals surface area (Å²) in [5.41, 5.74) is 23.5. The number of hydrogen-bond acceptors (Lipinski definition) is 0. The smallest absolute Gasteiger partial charge is 0.375 e. The zero-order valence-electron chi connectivity index (χ0n) is 33.2. The van der Waals surface area contributed by atoms with E-state index in [1.54, 1.807) is 0 Å². The Bertz CT molecular complexity index is 2430. The number of nitrogens with zero attached hydrogens (tertiary/aromatic N) is 1. The summed E-state index contributed by atoms with van der Waals surface area (Å²) in [7, 11) is 0. The highest BCUT2D eigenvalue weighted by atomic mass is 14.6. The summed E-state index contributed by atoms with van der Waals surface area (Å²) in [6.07, 6.45) is -3.75. The molecule has 0 unspecified atom stereocenters. The molecule has 6 aromatic carbocycles. The van der Waals surface area contributed by atoms with Crippen molar-refractivity contribution in [3.63, 3.8) is 0 Å². The van der Waals surface area contributed by atoms with E-state index in [0.717, 1.165) is 0 Å². The third-order valence-electron chi connectivity index (χ3n) is 12.8. The third kappa shape index (κ3) is 4.56. The Morgan fingerprint density at radius 1 is 0.385 bits per heavy atom. The van der Waals surface area contributed by atoms with Crippen LogP contribution in [0.15, 0.2) is 84.9 Å². The van der Waals surface area contributed by atoms with Crippen LogP contribution >= 0.6 is 0 Å². The van der Waals surface area contributed by atoms with Crippen molar-refractivity contribution in [1.82, 2.24) is 0 Å².